The molecule has 8 aromatic rings. The first-order valence-corrected chi connectivity index (χ1v) is 42.4. The van der Waals surface area contributed by atoms with Crippen molar-refractivity contribution < 1.29 is 23.7 Å². The molecule has 13 heterocycles. The van der Waals surface area contributed by atoms with Gasteiger partial charge in [0.25, 0.3) is 22.2 Å². The molecule has 9 fully saturated rings. The van der Waals surface area contributed by atoms with Gasteiger partial charge < -0.3 is 89.2 Å². The van der Waals surface area contributed by atoms with Crippen molar-refractivity contribution in [3.05, 3.63) is 157 Å². The highest BCUT2D eigenvalue weighted by Crippen LogP contribution is 2.47. The summed E-state index contributed by atoms with van der Waals surface area (Å²) >= 11 is 30.8. The van der Waals surface area contributed by atoms with Crippen LogP contribution < -0.4 is 87.7 Å². The zero-order valence-electron chi connectivity index (χ0n) is 67.9. The molecular weight excluding hydrogens is 1610 g/mol. The van der Waals surface area contributed by atoms with Gasteiger partial charge in [-0.2, -0.15) is 19.9 Å². The van der Waals surface area contributed by atoms with Crippen molar-refractivity contribution in [2.24, 2.45) is 72.8 Å². The zero-order chi connectivity index (χ0) is 84.2. The fraction of sp³-hybridized carbons (Fsp3) is 0.524. The SMILES string of the molecule is C[C@@H]1OCC2(CCN(c3nc(N)c(-c4cc(Cl)cc(Cl)c4)c(=O)n3C)CC2)[C@@H]1N.C[C@@H]1OCC2(CCN(c3nc(N)c(-c4cc(Cl)cc(Cl)c4Cl)c(=O)n3C)CC2)[C@@H]1N.C[C@@H]1OCC2(CCN(c3nc(N)c(-c4ccc(C5CCOCC5)cc4)c(=O)n3C)CC2)[C@@H]1N.Cn1c(N2CCC3(CC2)COC[C@H]3N)nc(N)c(-c2ccccc2)c1=O. The summed E-state index contributed by atoms with van der Waals surface area (Å²) < 4.78 is 34.7. The molecule has 4 aromatic carbocycles. The minimum Gasteiger partial charge on any atom is -0.383 e. The molecule has 118 heavy (non-hydrogen) atoms. The van der Waals surface area contributed by atoms with E-state index in [9.17, 15) is 19.2 Å². The third kappa shape index (κ3) is 16.8. The number of hydrogen-bond acceptors (Lipinski definition) is 25. The van der Waals surface area contributed by atoms with E-state index in [1.807, 2.05) is 63.2 Å². The van der Waals surface area contributed by atoms with E-state index in [2.05, 4.69) is 51.7 Å². The molecule has 634 valence electrons. The second-order valence-electron chi connectivity index (χ2n) is 33.6. The van der Waals surface area contributed by atoms with Gasteiger partial charge in [-0.15, -0.1) is 0 Å². The predicted molar refractivity (Wildman–Crippen MR) is 470 cm³/mol. The number of nitrogen functional groups attached to an aromatic ring is 4. The lowest BCUT2D eigenvalue weighted by atomic mass is 9.73. The second kappa shape index (κ2) is 35.2. The minimum absolute atomic E-state index is 0.00218. The lowest BCUT2D eigenvalue weighted by molar-refractivity contribution is 0.0853. The number of anilines is 8. The molecule has 9 aliphatic heterocycles. The number of aromatic nitrogens is 8. The molecule has 0 bridgehead atoms. The topological polar surface area (TPSA) is 407 Å². The molecule has 29 nitrogen and oxygen atoms in total. The lowest BCUT2D eigenvalue weighted by Gasteiger charge is -2.41. The summed E-state index contributed by atoms with van der Waals surface area (Å²) in [5, 5.41) is 1.68. The number of ether oxygens (including phenoxy) is 5. The van der Waals surface area contributed by atoms with Crippen LogP contribution in [0, 0.1) is 21.7 Å². The summed E-state index contributed by atoms with van der Waals surface area (Å²) in [4.78, 5) is 79.4. The Morgan fingerprint density at radius 3 is 1.09 bits per heavy atom. The van der Waals surface area contributed by atoms with Gasteiger partial charge in [0.15, 0.2) is 0 Å². The van der Waals surface area contributed by atoms with Crippen molar-refractivity contribution in [2.45, 2.75) is 133 Å². The van der Waals surface area contributed by atoms with E-state index in [0.717, 1.165) is 134 Å². The van der Waals surface area contributed by atoms with Crippen LogP contribution in [-0.4, -0.2) is 179 Å². The number of hydrogen-bond donors (Lipinski definition) is 8. The van der Waals surface area contributed by atoms with Crippen molar-refractivity contribution in [1.82, 2.24) is 38.2 Å². The van der Waals surface area contributed by atoms with Crippen molar-refractivity contribution >= 4 is 105 Å². The van der Waals surface area contributed by atoms with E-state index in [-0.39, 0.29) is 125 Å². The maximum absolute atomic E-state index is 13.3. The molecule has 17 rings (SSSR count). The normalized spacial score (nSPS) is 23.8. The van der Waals surface area contributed by atoms with Crippen LogP contribution in [0.4, 0.5) is 47.1 Å². The van der Waals surface area contributed by atoms with Crippen LogP contribution in [0.15, 0.2) is 104 Å². The molecule has 4 aromatic heterocycles. The summed E-state index contributed by atoms with van der Waals surface area (Å²) in [5.41, 5.74) is 55.0. The van der Waals surface area contributed by atoms with Crippen LogP contribution in [0.1, 0.15) is 96.5 Å². The number of benzene rings is 4. The third-order valence-electron chi connectivity index (χ3n) is 26.7. The van der Waals surface area contributed by atoms with Crippen LogP contribution >= 0.6 is 58.0 Å². The Morgan fingerprint density at radius 2 is 0.737 bits per heavy atom. The molecule has 0 aliphatic carbocycles. The van der Waals surface area contributed by atoms with Crippen molar-refractivity contribution in [3.63, 3.8) is 0 Å². The first-order valence-electron chi connectivity index (χ1n) is 40.5. The Morgan fingerprint density at radius 1 is 0.398 bits per heavy atom. The third-order valence-corrected chi connectivity index (χ3v) is 28.2. The van der Waals surface area contributed by atoms with E-state index in [0.29, 0.717) is 112 Å². The quantitative estimate of drug-likeness (QED) is 0.0624. The molecule has 7 atom stereocenters. The van der Waals surface area contributed by atoms with Gasteiger partial charge in [0.05, 0.1) is 83.6 Å². The monoisotopic (exact) mass is 1720 g/mol. The summed E-state index contributed by atoms with van der Waals surface area (Å²) in [6.45, 7) is 17.2. The van der Waals surface area contributed by atoms with Crippen molar-refractivity contribution in [2.75, 3.05) is 141 Å². The average molecular weight is 1720 g/mol. The maximum Gasteiger partial charge on any atom is 0.264 e. The molecule has 34 heteroatoms. The van der Waals surface area contributed by atoms with Gasteiger partial charge >= 0.3 is 0 Å². The van der Waals surface area contributed by atoms with Gasteiger partial charge in [-0.25, -0.2) is 0 Å². The van der Waals surface area contributed by atoms with Gasteiger partial charge in [-0.3, -0.25) is 37.4 Å². The molecule has 0 saturated carbocycles. The molecule has 16 N–H and O–H groups in total. The van der Waals surface area contributed by atoms with Gasteiger partial charge in [-0.05, 0) is 143 Å². The highest BCUT2D eigenvalue weighted by atomic mass is 35.5. The maximum atomic E-state index is 13.3. The molecule has 0 amide bonds. The van der Waals surface area contributed by atoms with Gasteiger partial charge in [-0.1, -0.05) is 113 Å². The summed E-state index contributed by atoms with van der Waals surface area (Å²) in [7, 11) is 6.91. The van der Waals surface area contributed by atoms with Crippen LogP contribution in [0.5, 0.6) is 0 Å². The number of halogens is 5. The Bertz CT molecular complexity index is 5230. The van der Waals surface area contributed by atoms with E-state index >= 15 is 0 Å². The molecule has 4 spiro atoms. The molecule has 9 saturated heterocycles. The number of piperidine rings is 4. The molecule has 0 radical (unpaired) electrons. The van der Waals surface area contributed by atoms with Crippen LogP contribution in [0.2, 0.25) is 25.1 Å². The zero-order valence-corrected chi connectivity index (χ0v) is 71.7. The number of nitrogens with zero attached hydrogens (tertiary/aromatic N) is 12. The summed E-state index contributed by atoms with van der Waals surface area (Å²) in [6, 6.07) is 25.8. The van der Waals surface area contributed by atoms with Gasteiger partial charge in [0, 0.05) is 160 Å². The molecular formula is C84H109Cl5N20O9. The highest BCUT2D eigenvalue weighted by molar-refractivity contribution is 6.45. The summed E-state index contributed by atoms with van der Waals surface area (Å²) in [5.74, 6) is 3.62. The number of rotatable bonds is 9. The Hall–Kier alpha value is -8.11. The van der Waals surface area contributed by atoms with Crippen molar-refractivity contribution in [1.29, 1.82) is 0 Å². The minimum atomic E-state index is -0.312. The van der Waals surface area contributed by atoms with E-state index in [1.165, 1.54) is 20.8 Å². The Kier molecular flexibility index (Phi) is 25.7. The fourth-order valence-corrected chi connectivity index (χ4v) is 20.1. The Labute approximate surface area is 711 Å². The first-order chi connectivity index (χ1) is 56.3. The van der Waals surface area contributed by atoms with Gasteiger partial charge in [0.1, 0.15) is 23.3 Å². The molecule has 0 unspecified atom stereocenters. The number of nitrogens with two attached hydrogens (primary N) is 8. The van der Waals surface area contributed by atoms with E-state index < -0.39 is 0 Å². The van der Waals surface area contributed by atoms with Crippen molar-refractivity contribution in [3.8, 4) is 44.5 Å². The standard InChI is InChI=1S/C25H35N5O3.C20H24Cl3N5O2.C20H25Cl2N5O2.C19H25N5O2/c1-16-21(26)25(15-33-16)9-11-30(12-10-25)24-28-22(27)20(23(31)29(24)2)19-5-3-17(4-6-19)18-7-13-32-14-8-18;1-10-16(24)20(9-30-10)3-5-28(6-4-20)19-26-17(25)14(18(29)27(19)2)12-7-11(21)8-13(22)15(12)23;1-11-16(23)20(10-29-11)3-5-27(6-4-20)19-25-17(24)15(18(28)26(19)2)12-7-13(21)9-14(22)8-12;1-23-17(25)15(13-5-3-2-4-6-13)16(21)22-18(23)24-9-7-19(8-10-24)12-26-11-14(19)20/h3-6,16,18,21H,7-15,26-27H2,1-2H3;7-8,10,16H,3-6,9,24-25H2,1-2H3;7-9,11,16H,3-6,10,23-24H2,1-2H3;2-6,14H,7-12,20-21H2,1H3/t16-,21+;10-,16+;11-,16+;14-/m0001/s1. The van der Waals surface area contributed by atoms with Gasteiger partial charge in [0.2, 0.25) is 23.8 Å². The first kappa shape index (κ1) is 86.3. The van der Waals surface area contributed by atoms with Crippen LogP contribution in [0.25, 0.3) is 44.5 Å². The summed E-state index contributed by atoms with van der Waals surface area (Å²) in [6.07, 6.45) is 9.51. The van der Waals surface area contributed by atoms with E-state index in [4.69, 9.17) is 128 Å². The van der Waals surface area contributed by atoms with Crippen LogP contribution in [-0.2, 0) is 51.9 Å². The van der Waals surface area contributed by atoms with E-state index in [1.54, 1.807) is 61.6 Å². The fourth-order valence-electron chi connectivity index (χ4n) is 18.8. The Balaban J connectivity index is 0.000000130. The average Bonchev–Trinajstić information content (AvgIpc) is 0.923. The smallest absolute Gasteiger partial charge is 0.264 e. The lowest BCUT2D eigenvalue weighted by Crippen LogP contribution is -2.51. The highest BCUT2D eigenvalue weighted by Gasteiger charge is 2.51. The largest absolute Gasteiger partial charge is 0.383 e. The predicted octanol–water partition coefficient (Wildman–Crippen LogP) is 9.22. The second-order valence-corrected chi connectivity index (χ2v) is 35.7. The molecule has 9 aliphatic rings. The van der Waals surface area contributed by atoms with Crippen LogP contribution in [0.3, 0.4) is 0 Å².